The Labute approximate surface area is 108 Å². The van der Waals surface area contributed by atoms with Gasteiger partial charge in [0, 0.05) is 18.0 Å². The molecule has 0 atom stereocenters. The minimum absolute atomic E-state index is 0.0486. The first-order valence-corrected chi connectivity index (χ1v) is 6.20. The molecule has 1 aromatic carbocycles. The van der Waals surface area contributed by atoms with Gasteiger partial charge in [-0.2, -0.15) is 0 Å². The zero-order chi connectivity index (χ0) is 13.1. The molecule has 0 bridgehead atoms. The highest BCUT2D eigenvalue weighted by Crippen LogP contribution is 2.32. The lowest BCUT2D eigenvalue weighted by atomic mass is 10.2. The quantitative estimate of drug-likeness (QED) is 0.913. The third-order valence-corrected chi connectivity index (χ3v) is 3.59. The topological polar surface area (TPSA) is 24.9 Å². The molecule has 0 unspecified atom stereocenters. The van der Waals surface area contributed by atoms with E-state index in [1.165, 1.54) is 11.8 Å². The number of nitrogens with one attached hydrogen (secondary N) is 1. The van der Waals surface area contributed by atoms with Gasteiger partial charge in [-0.3, -0.25) is 0 Å². The van der Waals surface area contributed by atoms with Gasteiger partial charge in [-0.15, -0.1) is 0 Å². The number of halogens is 2. The van der Waals surface area contributed by atoms with E-state index in [2.05, 4.69) is 10.3 Å². The van der Waals surface area contributed by atoms with Crippen molar-refractivity contribution in [2.45, 2.75) is 16.8 Å². The fraction of sp³-hybridized carbons (Fsp3) is 0.154. The molecular formula is C13H12F2N2S. The average molecular weight is 266 g/mol. The molecule has 0 saturated carbocycles. The van der Waals surface area contributed by atoms with Crippen LogP contribution in [0.2, 0.25) is 0 Å². The Morgan fingerprint density at radius 3 is 2.56 bits per heavy atom. The summed E-state index contributed by atoms with van der Waals surface area (Å²) >= 11 is 1.19. The summed E-state index contributed by atoms with van der Waals surface area (Å²) in [5.74, 6) is -1.30. The number of anilines is 1. The molecular weight excluding hydrogens is 254 g/mol. The molecule has 0 aliphatic carbocycles. The second-order valence-electron chi connectivity index (χ2n) is 3.72. The van der Waals surface area contributed by atoms with Crippen molar-refractivity contribution in [3.05, 3.63) is 47.5 Å². The molecule has 0 aliphatic rings. The smallest absolute Gasteiger partial charge is 0.168 e. The van der Waals surface area contributed by atoms with E-state index >= 15 is 0 Å². The van der Waals surface area contributed by atoms with Gasteiger partial charge in [0.1, 0.15) is 5.03 Å². The van der Waals surface area contributed by atoms with Crippen LogP contribution in [0.25, 0.3) is 0 Å². The first-order valence-electron chi connectivity index (χ1n) is 5.39. The molecule has 1 aromatic heterocycles. The number of pyridine rings is 1. The SMILES string of the molecule is CNc1nc(Sc2ccccc2C)c(F)cc1F. The standard InChI is InChI=1S/C13H12F2N2S/c1-8-5-3-4-6-11(8)18-13-10(15)7-9(14)12(16-2)17-13/h3-7H,1-2H3,(H,16,17). The van der Waals surface area contributed by atoms with Gasteiger partial charge in [-0.25, -0.2) is 13.8 Å². The summed E-state index contributed by atoms with van der Waals surface area (Å²) in [7, 11) is 1.55. The fourth-order valence-electron chi connectivity index (χ4n) is 1.47. The largest absolute Gasteiger partial charge is 0.371 e. The molecule has 18 heavy (non-hydrogen) atoms. The molecule has 0 radical (unpaired) electrons. The van der Waals surface area contributed by atoms with Crippen molar-refractivity contribution in [3.8, 4) is 0 Å². The third kappa shape index (κ3) is 2.61. The van der Waals surface area contributed by atoms with Crippen molar-refractivity contribution in [1.82, 2.24) is 4.98 Å². The highest BCUT2D eigenvalue weighted by Gasteiger charge is 2.12. The third-order valence-electron chi connectivity index (χ3n) is 2.43. The van der Waals surface area contributed by atoms with E-state index in [4.69, 9.17) is 0 Å². The molecule has 0 saturated heterocycles. The van der Waals surface area contributed by atoms with Gasteiger partial charge >= 0.3 is 0 Å². The molecule has 94 valence electrons. The van der Waals surface area contributed by atoms with Crippen LogP contribution in [0.1, 0.15) is 5.56 Å². The van der Waals surface area contributed by atoms with Gasteiger partial charge in [-0.1, -0.05) is 30.0 Å². The molecule has 1 heterocycles. The maximum Gasteiger partial charge on any atom is 0.168 e. The summed E-state index contributed by atoms with van der Waals surface area (Å²) in [4.78, 5) is 4.83. The maximum atomic E-state index is 13.6. The number of benzene rings is 1. The Morgan fingerprint density at radius 1 is 1.17 bits per heavy atom. The Bertz CT molecular complexity index is 573. The van der Waals surface area contributed by atoms with Gasteiger partial charge in [0.15, 0.2) is 17.5 Å². The Balaban J connectivity index is 2.38. The van der Waals surface area contributed by atoms with Crippen LogP contribution in [0.3, 0.4) is 0 Å². The number of aryl methyl sites for hydroxylation is 1. The number of aromatic nitrogens is 1. The lowest BCUT2D eigenvalue weighted by Crippen LogP contribution is -1.99. The van der Waals surface area contributed by atoms with E-state index in [1.54, 1.807) is 7.05 Å². The summed E-state index contributed by atoms with van der Waals surface area (Å²) in [6, 6.07) is 8.44. The molecule has 2 rings (SSSR count). The predicted molar refractivity (Wildman–Crippen MR) is 69.0 cm³/mol. The van der Waals surface area contributed by atoms with E-state index in [0.717, 1.165) is 16.5 Å². The van der Waals surface area contributed by atoms with Crippen LogP contribution in [-0.4, -0.2) is 12.0 Å². The number of hydrogen-bond acceptors (Lipinski definition) is 3. The van der Waals surface area contributed by atoms with Crippen LogP contribution in [0.5, 0.6) is 0 Å². The van der Waals surface area contributed by atoms with Crippen LogP contribution in [0.15, 0.2) is 40.3 Å². The van der Waals surface area contributed by atoms with Crippen LogP contribution < -0.4 is 5.32 Å². The molecule has 5 heteroatoms. The van der Waals surface area contributed by atoms with Crippen molar-refractivity contribution in [2.75, 3.05) is 12.4 Å². The van der Waals surface area contributed by atoms with Crippen LogP contribution in [-0.2, 0) is 0 Å². The Hall–Kier alpha value is -1.62. The lowest BCUT2D eigenvalue weighted by molar-refractivity contribution is 0.551. The molecule has 2 nitrogen and oxygen atoms in total. The van der Waals surface area contributed by atoms with Gasteiger partial charge in [0.25, 0.3) is 0 Å². The van der Waals surface area contributed by atoms with Crippen molar-refractivity contribution >= 4 is 17.6 Å². The minimum atomic E-state index is -0.691. The maximum absolute atomic E-state index is 13.6. The fourth-order valence-corrected chi connectivity index (χ4v) is 2.35. The molecule has 0 aliphatic heterocycles. The first-order chi connectivity index (χ1) is 8.61. The second kappa shape index (κ2) is 5.35. The first kappa shape index (κ1) is 12.8. The van der Waals surface area contributed by atoms with Gasteiger partial charge in [-0.05, 0) is 18.6 Å². The van der Waals surface area contributed by atoms with Gasteiger partial charge < -0.3 is 5.32 Å². The van der Waals surface area contributed by atoms with Gasteiger partial charge in [0.2, 0.25) is 0 Å². The summed E-state index contributed by atoms with van der Waals surface area (Å²) in [5, 5.41) is 2.76. The van der Waals surface area contributed by atoms with Crippen molar-refractivity contribution in [2.24, 2.45) is 0 Å². The van der Waals surface area contributed by atoms with Crippen LogP contribution in [0.4, 0.5) is 14.6 Å². The lowest BCUT2D eigenvalue weighted by Gasteiger charge is -2.08. The van der Waals surface area contributed by atoms with Crippen molar-refractivity contribution in [3.63, 3.8) is 0 Å². The molecule has 0 spiro atoms. The molecule has 0 fully saturated rings. The minimum Gasteiger partial charge on any atom is -0.371 e. The molecule has 1 N–H and O–H groups in total. The highest BCUT2D eigenvalue weighted by atomic mass is 32.2. The summed E-state index contributed by atoms with van der Waals surface area (Å²) < 4.78 is 26.9. The number of rotatable bonds is 3. The van der Waals surface area contributed by atoms with E-state index in [0.29, 0.717) is 0 Å². The zero-order valence-electron chi connectivity index (χ0n) is 10.00. The van der Waals surface area contributed by atoms with E-state index in [1.807, 2.05) is 31.2 Å². The molecule has 0 amide bonds. The van der Waals surface area contributed by atoms with Crippen molar-refractivity contribution < 1.29 is 8.78 Å². The zero-order valence-corrected chi connectivity index (χ0v) is 10.8. The van der Waals surface area contributed by atoms with Crippen LogP contribution >= 0.6 is 11.8 Å². The van der Waals surface area contributed by atoms with Crippen LogP contribution in [0, 0.1) is 18.6 Å². The Morgan fingerprint density at radius 2 is 1.89 bits per heavy atom. The Kier molecular flexibility index (Phi) is 3.81. The van der Waals surface area contributed by atoms with Crippen molar-refractivity contribution in [1.29, 1.82) is 0 Å². The summed E-state index contributed by atoms with van der Waals surface area (Å²) in [6.07, 6.45) is 0. The predicted octanol–water partition coefficient (Wildman–Crippen LogP) is 3.86. The summed E-state index contributed by atoms with van der Waals surface area (Å²) in [5.41, 5.74) is 1.03. The second-order valence-corrected chi connectivity index (χ2v) is 4.75. The van der Waals surface area contributed by atoms with E-state index < -0.39 is 11.6 Å². The monoisotopic (exact) mass is 266 g/mol. The summed E-state index contributed by atoms with van der Waals surface area (Å²) in [6.45, 7) is 1.93. The number of nitrogens with zero attached hydrogens (tertiary/aromatic N) is 1. The van der Waals surface area contributed by atoms with Gasteiger partial charge in [0.05, 0.1) is 0 Å². The highest BCUT2D eigenvalue weighted by molar-refractivity contribution is 7.99. The molecule has 2 aromatic rings. The van der Waals surface area contributed by atoms with E-state index in [9.17, 15) is 8.78 Å². The average Bonchev–Trinajstić information content (AvgIpc) is 2.35. The number of hydrogen-bond donors (Lipinski definition) is 1. The normalized spacial score (nSPS) is 10.4. The van der Waals surface area contributed by atoms with E-state index in [-0.39, 0.29) is 10.8 Å².